The van der Waals surface area contributed by atoms with Crippen LogP contribution in [0.4, 0.5) is 5.69 Å². The van der Waals surface area contributed by atoms with Crippen molar-refractivity contribution in [3.05, 3.63) is 29.8 Å². The molecule has 0 aromatic heterocycles. The van der Waals surface area contributed by atoms with Gasteiger partial charge in [0.2, 0.25) is 5.91 Å². The number of rotatable bonds is 7. The van der Waals surface area contributed by atoms with Crippen molar-refractivity contribution in [1.82, 2.24) is 14.7 Å². The molecule has 2 fully saturated rings. The number of anilines is 1. The number of piperidine rings is 1. The summed E-state index contributed by atoms with van der Waals surface area (Å²) in [6, 6.07) is 8.48. The number of amides is 1. The molecule has 0 saturated carbocycles. The Kier molecular flexibility index (Phi) is 8.37. The minimum Gasteiger partial charge on any atom is -0.378 e. The molecule has 5 heteroatoms. The summed E-state index contributed by atoms with van der Waals surface area (Å²) in [5.41, 5.74) is 2.37. The second-order valence-electron chi connectivity index (χ2n) is 9.27. The molecular weight excluding hydrogens is 360 g/mol. The molecule has 1 aromatic carbocycles. The van der Waals surface area contributed by atoms with Gasteiger partial charge in [-0.1, -0.05) is 25.0 Å². The van der Waals surface area contributed by atoms with Crippen LogP contribution < -0.4 is 4.90 Å². The largest absolute Gasteiger partial charge is 0.378 e. The number of benzene rings is 1. The summed E-state index contributed by atoms with van der Waals surface area (Å²) >= 11 is 0. The van der Waals surface area contributed by atoms with Crippen molar-refractivity contribution in [1.29, 1.82) is 0 Å². The highest BCUT2D eigenvalue weighted by molar-refractivity contribution is 5.78. The Hall–Kier alpha value is -1.59. The first kappa shape index (κ1) is 22.1. The lowest BCUT2D eigenvalue weighted by Crippen LogP contribution is -2.45. The van der Waals surface area contributed by atoms with E-state index < -0.39 is 0 Å². The van der Waals surface area contributed by atoms with Gasteiger partial charge in [0.05, 0.1) is 6.54 Å². The maximum Gasteiger partial charge on any atom is 0.236 e. The fourth-order valence-corrected chi connectivity index (χ4v) is 4.70. The minimum atomic E-state index is 0.233. The van der Waals surface area contributed by atoms with Crippen LogP contribution in [-0.4, -0.2) is 81.0 Å². The smallest absolute Gasteiger partial charge is 0.236 e. The minimum absolute atomic E-state index is 0.233. The molecule has 3 rings (SSSR count). The van der Waals surface area contributed by atoms with Crippen LogP contribution >= 0.6 is 0 Å². The van der Waals surface area contributed by atoms with Crippen molar-refractivity contribution in [3.8, 4) is 0 Å². The summed E-state index contributed by atoms with van der Waals surface area (Å²) < 4.78 is 0. The summed E-state index contributed by atoms with van der Waals surface area (Å²) in [6.07, 6.45) is 8.04. The Morgan fingerprint density at radius 2 is 1.59 bits per heavy atom. The van der Waals surface area contributed by atoms with Crippen LogP contribution in [0.3, 0.4) is 0 Å². The van der Waals surface area contributed by atoms with Gasteiger partial charge in [-0.15, -0.1) is 0 Å². The van der Waals surface area contributed by atoms with Gasteiger partial charge in [0.1, 0.15) is 0 Å². The van der Waals surface area contributed by atoms with Crippen LogP contribution in [0.5, 0.6) is 0 Å². The Morgan fingerprint density at radius 3 is 2.24 bits per heavy atom. The van der Waals surface area contributed by atoms with Crippen LogP contribution in [0, 0.1) is 5.92 Å². The van der Waals surface area contributed by atoms with E-state index in [1.807, 2.05) is 26.0 Å². The van der Waals surface area contributed by atoms with E-state index in [9.17, 15) is 4.79 Å². The van der Waals surface area contributed by atoms with E-state index in [4.69, 9.17) is 0 Å². The molecule has 2 saturated heterocycles. The molecule has 2 aliphatic rings. The monoisotopic (exact) mass is 400 g/mol. The summed E-state index contributed by atoms with van der Waals surface area (Å²) in [5.74, 6) is 0.954. The van der Waals surface area contributed by atoms with Crippen molar-refractivity contribution in [3.63, 3.8) is 0 Å². The zero-order chi connectivity index (χ0) is 20.6. The Labute approximate surface area is 177 Å². The van der Waals surface area contributed by atoms with E-state index >= 15 is 0 Å². The molecule has 1 aromatic rings. The maximum absolute atomic E-state index is 12.8. The third-order valence-electron chi connectivity index (χ3n) is 6.48. The average molecular weight is 401 g/mol. The number of hydrogen-bond donors (Lipinski definition) is 0. The van der Waals surface area contributed by atoms with E-state index in [0.717, 1.165) is 19.0 Å². The molecule has 0 radical (unpaired) electrons. The molecule has 0 bridgehead atoms. The van der Waals surface area contributed by atoms with Gasteiger partial charge in [0.25, 0.3) is 0 Å². The Bertz CT molecular complexity index is 622. The number of nitrogens with zero attached hydrogens (tertiary/aromatic N) is 4. The highest BCUT2D eigenvalue weighted by atomic mass is 16.2. The number of likely N-dealkylation sites (tertiary alicyclic amines) is 2. The lowest BCUT2D eigenvalue weighted by molar-refractivity contribution is -0.132. The summed E-state index contributed by atoms with van der Waals surface area (Å²) in [4.78, 5) is 21.8. The van der Waals surface area contributed by atoms with Crippen molar-refractivity contribution < 1.29 is 4.79 Å². The van der Waals surface area contributed by atoms with Gasteiger partial charge < -0.3 is 14.7 Å². The van der Waals surface area contributed by atoms with Crippen LogP contribution in [0.25, 0.3) is 0 Å². The molecule has 0 aliphatic carbocycles. The van der Waals surface area contributed by atoms with Gasteiger partial charge in [-0.25, -0.2) is 0 Å². The summed E-state index contributed by atoms with van der Waals surface area (Å²) in [7, 11) is 6.02. The van der Waals surface area contributed by atoms with Crippen LogP contribution in [-0.2, 0) is 11.3 Å². The van der Waals surface area contributed by atoms with Crippen LogP contribution in [0.15, 0.2) is 24.3 Å². The molecule has 29 heavy (non-hydrogen) atoms. The third kappa shape index (κ3) is 7.00. The normalized spacial score (nSPS) is 21.6. The highest BCUT2D eigenvalue weighted by Gasteiger charge is 2.24. The fourth-order valence-electron chi connectivity index (χ4n) is 4.70. The van der Waals surface area contributed by atoms with E-state index in [-0.39, 0.29) is 5.91 Å². The predicted octanol–water partition coefficient (Wildman–Crippen LogP) is 3.30. The summed E-state index contributed by atoms with van der Waals surface area (Å²) in [6.45, 7) is 7.13. The molecule has 1 unspecified atom stereocenters. The van der Waals surface area contributed by atoms with Crippen LogP contribution in [0.1, 0.15) is 44.1 Å². The molecule has 162 valence electrons. The topological polar surface area (TPSA) is 30.0 Å². The molecule has 2 heterocycles. The van der Waals surface area contributed by atoms with E-state index in [0.29, 0.717) is 13.1 Å². The zero-order valence-corrected chi connectivity index (χ0v) is 18.8. The number of carbonyl (C=O) groups is 1. The van der Waals surface area contributed by atoms with Gasteiger partial charge in [0, 0.05) is 46.5 Å². The quantitative estimate of drug-likeness (QED) is 0.703. The summed E-state index contributed by atoms with van der Waals surface area (Å²) in [5, 5.41) is 0. The van der Waals surface area contributed by atoms with Gasteiger partial charge in [0.15, 0.2) is 0 Å². The van der Waals surface area contributed by atoms with Crippen molar-refractivity contribution in [2.75, 3.05) is 65.3 Å². The fraction of sp³-hybridized carbons (Fsp3) is 0.708. The Morgan fingerprint density at radius 1 is 0.931 bits per heavy atom. The van der Waals surface area contributed by atoms with Crippen LogP contribution in [0.2, 0.25) is 0 Å². The average Bonchev–Trinajstić information content (AvgIpc) is 2.97. The highest BCUT2D eigenvalue weighted by Crippen LogP contribution is 2.20. The molecule has 1 atom stereocenters. The molecule has 2 aliphatic heterocycles. The van der Waals surface area contributed by atoms with Crippen molar-refractivity contribution in [2.24, 2.45) is 5.92 Å². The van der Waals surface area contributed by atoms with E-state index in [1.165, 1.54) is 69.4 Å². The number of hydrogen-bond acceptors (Lipinski definition) is 4. The van der Waals surface area contributed by atoms with Crippen molar-refractivity contribution in [2.45, 2.75) is 45.1 Å². The van der Waals surface area contributed by atoms with Crippen molar-refractivity contribution >= 4 is 11.6 Å². The zero-order valence-electron chi connectivity index (χ0n) is 18.8. The molecule has 5 nitrogen and oxygen atoms in total. The first-order valence-corrected chi connectivity index (χ1v) is 11.5. The second kappa shape index (κ2) is 11.0. The predicted molar refractivity (Wildman–Crippen MR) is 121 cm³/mol. The molecular formula is C24H40N4O. The number of carbonyl (C=O) groups excluding carboxylic acids is 1. The Balaban J connectivity index is 1.44. The maximum atomic E-state index is 12.8. The molecule has 1 amide bonds. The lowest BCUT2D eigenvalue weighted by Gasteiger charge is -2.35. The second-order valence-corrected chi connectivity index (χ2v) is 9.27. The molecule has 0 N–H and O–H groups in total. The van der Waals surface area contributed by atoms with Gasteiger partial charge in [-0.2, -0.15) is 0 Å². The van der Waals surface area contributed by atoms with E-state index in [2.05, 4.69) is 39.0 Å². The van der Waals surface area contributed by atoms with Gasteiger partial charge >= 0.3 is 0 Å². The molecule has 0 spiro atoms. The van der Waals surface area contributed by atoms with Gasteiger partial charge in [-0.3, -0.25) is 9.69 Å². The van der Waals surface area contributed by atoms with E-state index in [1.54, 1.807) is 0 Å². The third-order valence-corrected chi connectivity index (χ3v) is 6.48. The van der Waals surface area contributed by atoms with Gasteiger partial charge in [-0.05, 0) is 68.9 Å². The SMILES string of the molecule is CN(Cc1ccc(N(C)C)cc1)C(=O)CN1CCCC(CN2CCCCCC2)C1. The lowest BCUT2D eigenvalue weighted by atomic mass is 9.97. The first-order chi connectivity index (χ1) is 14.0. The standard InChI is InChI=1S/C24H40N4O/c1-25(2)23-12-10-21(11-13-23)17-26(3)24(29)20-28-16-8-9-22(19-28)18-27-14-6-4-5-7-15-27/h10-13,22H,4-9,14-20H2,1-3H3. The first-order valence-electron chi connectivity index (χ1n) is 11.5. The number of likely N-dealkylation sites (N-methyl/N-ethyl adjacent to an activating group) is 1.